The Kier molecular flexibility index (Phi) is 6.31. The second-order valence-electron chi connectivity index (χ2n) is 1.76. The van der Waals surface area contributed by atoms with Gasteiger partial charge in [0, 0.05) is 19.3 Å². The molecule has 0 unspecified atom stereocenters. The van der Waals surface area contributed by atoms with E-state index in [2.05, 4.69) is 18.8 Å². The second kappa shape index (κ2) is 7.05. The van der Waals surface area contributed by atoms with Crippen molar-refractivity contribution in [2.45, 2.75) is 32.6 Å². The smallest absolute Gasteiger partial charge is 0.0631 e. The predicted octanol–water partition coefficient (Wildman–Crippen LogP) is 2.09. The molecule has 1 heteroatoms. The zero-order valence-electron chi connectivity index (χ0n) is 5.78. The highest BCUT2D eigenvalue weighted by molar-refractivity contribution is 4.99. The fraction of sp³-hybridized carbons (Fsp3) is 0.625. The third kappa shape index (κ3) is 7.05. The van der Waals surface area contributed by atoms with Gasteiger partial charge >= 0.3 is 0 Å². The summed E-state index contributed by atoms with van der Waals surface area (Å²) < 4.78 is 0. The number of nitrogens with zero attached hydrogens (tertiary/aromatic N) is 1. The van der Waals surface area contributed by atoms with Crippen LogP contribution in [0.3, 0.4) is 0 Å². The Balaban J connectivity index is 3.08. The summed E-state index contributed by atoms with van der Waals surface area (Å²) in [5, 5.41) is 8.11. The summed E-state index contributed by atoms with van der Waals surface area (Å²) in [5.74, 6) is 5.88. The lowest BCUT2D eigenvalue weighted by atomic mass is 10.3. The summed E-state index contributed by atoms with van der Waals surface area (Å²) in [5.41, 5.74) is 0. The van der Waals surface area contributed by atoms with Gasteiger partial charge in [-0.05, 0) is 6.42 Å². The first-order chi connectivity index (χ1) is 4.41. The van der Waals surface area contributed by atoms with Crippen molar-refractivity contribution in [3.05, 3.63) is 0 Å². The summed E-state index contributed by atoms with van der Waals surface area (Å²) in [4.78, 5) is 0. The molecule has 0 saturated carbocycles. The van der Waals surface area contributed by atoms with E-state index >= 15 is 0 Å². The summed E-state index contributed by atoms with van der Waals surface area (Å²) in [6.45, 7) is 2.10. The van der Waals surface area contributed by atoms with Crippen LogP contribution < -0.4 is 0 Å². The minimum Gasteiger partial charge on any atom is -0.198 e. The average molecular weight is 121 g/mol. The zero-order valence-corrected chi connectivity index (χ0v) is 5.78. The summed E-state index contributed by atoms with van der Waals surface area (Å²) in [6.07, 6.45) is 3.37. The molecule has 0 aromatic heterocycles. The fourth-order valence-corrected chi connectivity index (χ4v) is 0.420. The molecule has 0 aromatic rings. The Labute approximate surface area is 56.7 Å². The van der Waals surface area contributed by atoms with Crippen molar-refractivity contribution in [2.75, 3.05) is 0 Å². The summed E-state index contributed by atoms with van der Waals surface area (Å²) in [6, 6.07) is 2.04. The van der Waals surface area contributed by atoms with Crippen molar-refractivity contribution >= 4 is 0 Å². The van der Waals surface area contributed by atoms with Gasteiger partial charge < -0.3 is 0 Å². The van der Waals surface area contributed by atoms with Gasteiger partial charge in [0.2, 0.25) is 0 Å². The molecule has 0 aliphatic heterocycles. The van der Waals surface area contributed by atoms with Crippen LogP contribution >= 0.6 is 0 Å². The van der Waals surface area contributed by atoms with Crippen LogP contribution in [-0.2, 0) is 0 Å². The van der Waals surface area contributed by atoms with E-state index in [1.54, 1.807) is 0 Å². The summed E-state index contributed by atoms with van der Waals surface area (Å²) >= 11 is 0. The molecule has 0 saturated heterocycles. The van der Waals surface area contributed by atoms with E-state index in [1.165, 1.54) is 0 Å². The molecule has 0 aliphatic carbocycles. The van der Waals surface area contributed by atoms with Crippen LogP contribution in [0.1, 0.15) is 32.6 Å². The standard InChI is InChI=1S/C8H11N/c1-2-3-4-5-6-7-8-9/h2-3,6-7H2,1H3. The van der Waals surface area contributed by atoms with Crippen molar-refractivity contribution < 1.29 is 0 Å². The van der Waals surface area contributed by atoms with E-state index in [4.69, 9.17) is 5.26 Å². The lowest BCUT2D eigenvalue weighted by molar-refractivity contribution is 0.978. The van der Waals surface area contributed by atoms with Crippen molar-refractivity contribution in [1.82, 2.24) is 0 Å². The summed E-state index contributed by atoms with van der Waals surface area (Å²) in [7, 11) is 0. The Morgan fingerprint density at radius 1 is 1.11 bits per heavy atom. The highest BCUT2D eigenvalue weighted by Crippen LogP contribution is 1.85. The minimum atomic E-state index is 0.566. The van der Waals surface area contributed by atoms with E-state index in [1.807, 2.05) is 6.07 Å². The van der Waals surface area contributed by atoms with Gasteiger partial charge in [-0.2, -0.15) is 5.26 Å². The highest BCUT2D eigenvalue weighted by Gasteiger charge is 1.74. The zero-order chi connectivity index (χ0) is 6.95. The molecule has 0 aliphatic rings. The topological polar surface area (TPSA) is 23.8 Å². The number of nitriles is 1. The van der Waals surface area contributed by atoms with E-state index < -0.39 is 0 Å². The molecular weight excluding hydrogens is 110 g/mol. The molecule has 0 atom stereocenters. The quantitative estimate of drug-likeness (QED) is 0.405. The van der Waals surface area contributed by atoms with E-state index in [0.29, 0.717) is 6.42 Å². The lowest BCUT2D eigenvalue weighted by Gasteiger charge is -1.77. The van der Waals surface area contributed by atoms with Gasteiger partial charge in [-0.3, -0.25) is 0 Å². The van der Waals surface area contributed by atoms with Crippen LogP contribution in [0, 0.1) is 23.2 Å². The second-order valence-corrected chi connectivity index (χ2v) is 1.76. The SMILES string of the molecule is CCCC#CCCC#N. The number of unbranched alkanes of at least 4 members (excludes halogenated alkanes) is 2. The lowest BCUT2D eigenvalue weighted by Crippen LogP contribution is -1.65. The van der Waals surface area contributed by atoms with Crippen molar-refractivity contribution in [1.29, 1.82) is 5.26 Å². The Hall–Kier alpha value is -0.950. The predicted molar refractivity (Wildman–Crippen MR) is 37.5 cm³/mol. The molecule has 48 valence electrons. The maximum absolute atomic E-state index is 8.11. The van der Waals surface area contributed by atoms with Gasteiger partial charge in [0.25, 0.3) is 0 Å². The number of rotatable bonds is 2. The number of hydrogen-bond acceptors (Lipinski definition) is 1. The third-order valence-corrected chi connectivity index (χ3v) is 0.862. The van der Waals surface area contributed by atoms with Crippen LogP contribution in [0.25, 0.3) is 0 Å². The van der Waals surface area contributed by atoms with Crippen LogP contribution in [-0.4, -0.2) is 0 Å². The Morgan fingerprint density at radius 2 is 1.78 bits per heavy atom. The molecule has 0 radical (unpaired) electrons. The first-order valence-electron chi connectivity index (χ1n) is 3.24. The van der Waals surface area contributed by atoms with Gasteiger partial charge in [-0.1, -0.05) is 6.92 Å². The first kappa shape index (κ1) is 8.05. The van der Waals surface area contributed by atoms with Gasteiger partial charge in [0.1, 0.15) is 0 Å². The fourth-order valence-electron chi connectivity index (χ4n) is 0.420. The molecule has 0 rings (SSSR count). The first-order valence-corrected chi connectivity index (χ1v) is 3.24. The molecule has 9 heavy (non-hydrogen) atoms. The van der Waals surface area contributed by atoms with Crippen LogP contribution in [0.4, 0.5) is 0 Å². The van der Waals surface area contributed by atoms with Gasteiger partial charge in [0.15, 0.2) is 0 Å². The van der Waals surface area contributed by atoms with Crippen LogP contribution in [0.5, 0.6) is 0 Å². The van der Waals surface area contributed by atoms with Crippen LogP contribution in [0.15, 0.2) is 0 Å². The molecule has 0 bridgehead atoms. The molecule has 0 N–H and O–H groups in total. The Morgan fingerprint density at radius 3 is 2.33 bits per heavy atom. The Bertz CT molecular complexity index is 142. The largest absolute Gasteiger partial charge is 0.198 e. The molecular formula is C8H11N. The third-order valence-electron chi connectivity index (χ3n) is 0.862. The molecule has 1 nitrogen and oxygen atoms in total. The average Bonchev–Trinajstić information content (AvgIpc) is 1.89. The van der Waals surface area contributed by atoms with Gasteiger partial charge in [-0.15, -0.1) is 11.8 Å². The minimum absolute atomic E-state index is 0.566. The van der Waals surface area contributed by atoms with E-state index in [-0.39, 0.29) is 0 Å². The molecule has 0 heterocycles. The molecule has 0 amide bonds. The van der Waals surface area contributed by atoms with E-state index in [9.17, 15) is 0 Å². The van der Waals surface area contributed by atoms with Gasteiger partial charge in [-0.25, -0.2) is 0 Å². The maximum Gasteiger partial charge on any atom is 0.0631 e. The molecule has 0 fully saturated rings. The molecule has 0 aromatic carbocycles. The molecule has 0 spiro atoms. The van der Waals surface area contributed by atoms with Crippen molar-refractivity contribution in [2.24, 2.45) is 0 Å². The monoisotopic (exact) mass is 121 g/mol. The van der Waals surface area contributed by atoms with Crippen molar-refractivity contribution in [3.8, 4) is 17.9 Å². The maximum atomic E-state index is 8.11. The van der Waals surface area contributed by atoms with Crippen molar-refractivity contribution in [3.63, 3.8) is 0 Å². The van der Waals surface area contributed by atoms with E-state index in [0.717, 1.165) is 19.3 Å². The normalized spacial score (nSPS) is 7.11. The highest BCUT2D eigenvalue weighted by atomic mass is 14.2. The van der Waals surface area contributed by atoms with Crippen LogP contribution in [0.2, 0.25) is 0 Å². The number of hydrogen-bond donors (Lipinski definition) is 0. The van der Waals surface area contributed by atoms with Gasteiger partial charge in [0.05, 0.1) is 6.07 Å².